The van der Waals surface area contributed by atoms with E-state index < -0.39 is 0 Å². The topological polar surface area (TPSA) is 33.4 Å². The molecule has 84 valence electrons. The second-order valence-corrected chi connectivity index (χ2v) is 4.52. The quantitative estimate of drug-likeness (QED) is 0.630. The van der Waals surface area contributed by atoms with Gasteiger partial charge in [-0.15, -0.1) is 0 Å². The van der Waals surface area contributed by atoms with Gasteiger partial charge >= 0.3 is 0 Å². The fraction of sp³-hybridized carbons (Fsp3) is 0. The summed E-state index contributed by atoms with van der Waals surface area (Å²) < 4.78 is 6.32. The van der Waals surface area contributed by atoms with Crippen LogP contribution in [0.2, 0.25) is 0 Å². The van der Waals surface area contributed by atoms with E-state index in [1.807, 2.05) is 48.5 Å². The molecule has 3 rings (SSSR count). The first-order valence-electron chi connectivity index (χ1n) is 5.27. The summed E-state index contributed by atoms with van der Waals surface area (Å²) in [7, 11) is 0. The second-order valence-electron chi connectivity index (χ2n) is 3.72. The Hall–Kier alpha value is -2.00. The first-order chi connectivity index (χ1) is 8.36. The zero-order valence-corrected chi connectivity index (χ0v) is 9.78. The predicted octanol–water partition coefficient (Wildman–Crippen LogP) is 4.48. The lowest BCUT2D eigenvalue weighted by molar-refractivity contribution is 0.463. The molecule has 0 amide bonds. The van der Waals surface area contributed by atoms with Gasteiger partial charge in [0.2, 0.25) is 0 Å². The van der Waals surface area contributed by atoms with Gasteiger partial charge in [0, 0.05) is 22.4 Å². The highest BCUT2D eigenvalue weighted by molar-refractivity contribution is 7.10. The van der Waals surface area contributed by atoms with Crippen LogP contribution in [-0.2, 0) is 0 Å². The molecule has 3 heteroatoms. The number of benzene rings is 2. The van der Waals surface area contributed by atoms with Crippen LogP contribution in [0.1, 0.15) is 0 Å². The summed E-state index contributed by atoms with van der Waals surface area (Å²) in [6, 6.07) is 15.8. The summed E-state index contributed by atoms with van der Waals surface area (Å²) >= 11 is 1.25. The van der Waals surface area contributed by atoms with Crippen molar-refractivity contribution < 1.29 is 8.96 Å². The zero-order chi connectivity index (χ0) is 11.7. The van der Waals surface area contributed by atoms with Crippen LogP contribution in [0.5, 0.6) is 5.75 Å². The Kier molecular flexibility index (Phi) is 2.46. The maximum Gasteiger partial charge on any atom is 0.160 e. The number of hydrogen-bond acceptors (Lipinski definition) is 3. The predicted molar refractivity (Wildman–Crippen MR) is 70.9 cm³/mol. The Morgan fingerprint density at radius 3 is 2.29 bits per heavy atom. The van der Waals surface area contributed by atoms with Crippen molar-refractivity contribution in [3.8, 4) is 5.75 Å². The van der Waals surface area contributed by atoms with E-state index in [0.717, 1.165) is 20.9 Å². The van der Waals surface area contributed by atoms with Crippen LogP contribution in [0.4, 0.5) is 0 Å². The van der Waals surface area contributed by atoms with Gasteiger partial charge in [-0.05, 0) is 11.5 Å². The van der Waals surface area contributed by atoms with E-state index in [4.69, 9.17) is 3.85 Å². The van der Waals surface area contributed by atoms with Crippen molar-refractivity contribution in [3.63, 3.8) is 0 Å². The molecule has 1 aromatic heterocycles. The van der Waals surface area contributed by atoms with E-state index in [2.05, 4.69) is 0 Å². The minimum absolute atomic E-state index is 0.155. The summed E-state index contributed by atoms with van der Waals surface area (Å²) in [4.78, 5) is 0. The van der Waals surface area contributed by atoms with Crippen LogP contribution in [-0.4, -0.2) is 5.11 Å². The average Bonchev–Trinajstić information content (AvgIpc) is 2.37. The summed E-state index contributed by atoms with van der Waals surface area (Å²) in [5, 5.41) is 12.8. The smallest absolute Gasteiger partial charge is 0.160 e. The van der Waals surface area contributed by atoms with Crippen molar-refractivity contribution in [1.29, 1.82) is 0 Å². The molecular weight excluding hydrogens is 232 g/mol. The number of aromatic hydroxyl groups is 1. The summed E-state index contributed by atoms with van der Waals surface area (Å²) in [6.07, 6.45) is 1.37. The Labute approximate surface area is 102 Å². The first kappa shape index (κ1) is 10.2. The molecule has 0 aliphatic carbocycles. The Balaban J connectivity index is 2.66. The minimum atomic E-state index is 0.155. The van der Waals surface area contributed by atoms with Crippen LogP contribution in [0.3, 0.4) is 0 Å². The van der Waals surface area contributed by atoms with E-state index in [-0.39, 0.29) is 5.75 Å². The van der Waals surface area contributed by atoms with Crippen LogP contribution >= 0.6 is 11.6 Å². The van der Waals surface area contributed by atoms with E-state index in [9.17, 15) is 5.11 Å². The molecule has 17 heavy (non-hydrogen) atoms. The van der Waals surface area contributed by atoms with Gasteiger partial charge in [0.25, 0.3) is 0 Å². The Morgan fingerprint density at radius 2 is 1.47 bits per heavy atom. The molecule has 1 N–H and O–H groups in total. The molecule has 3 aromatic rings. The fourth-order valence-electron chi connectivity index (χ4n) is 1.89. The molecule has 0 saturated heterocycles. The van der Waals surface area contributed by atoms with Crippen molar-refractivity contribution in [1.82, 2.24) is 0 Å². The summed E-state index contributed by atoms with van der Waals surface area (Å²) in [6.45, 7) is 0. The second kappa shape index (κ2) is 4.11. The van der Waals surface area contributed by atoms with E-state index in [1.165, 1.54) is 17.9 Å². The highest BCUT2D eigenvalue weighted by Gasteiger charge is 2.01. The van der Waals surface area contributed by atoms with Gasteiger partial charge in [-0.25, -0.2) is 0 Å². The van der Waals surface area contributed by atoms with Crippen LogP contribution in [0.15, 0.2) is 58.6 Å². The Morgan fingerprint density at radius 1 is 0.824 bits per heavy atom. The largest absolute Gasteiger partial charge is 0.504 e. The fourth-order valence-corrected chi connectivity index (χ4v) is 2.53. The summed E-state index contributed by atoms with van der Waals surface area (Å²) in [5.74, 6) is 0.155. The van der Waals surface area contributed by atoms with Crippen LogP contribution in [0.25, 0.3) is 20.9 Å². The van der Waals surface area contributed by atoms with Gasteiger partial charge in [-0.1, -0.05) is 42.5 Å². The van der Waals surface area contributed by atoms with Gasteiger partial charge in [0.1, 0.15) is 6.26 Å². The van der Waals surface area contributed by atoms with Crippen LogP contribution < -0.4 is 0 Å². The van der Waals surface area contributed by atoms with Crippen molar-refractivity contribution in [2.45, 2.75) is 0 Å². The standard InChI is InChI=1S/C14H10O2S/c15-13-9-16-17-14-8-4-3-7-12(14)10-5-1-2-6-11(10)13/h1-9,15H. The molecule has 2 nitrogen and oxygen atoms in total. The van der Waals surface area contributed by atoms with E-state index >= 15 is 0 Å². The van der Waals surface area contributed by atoms with Gasteiger partial charge in [-0.2, -0.15) is 0 Å². The molecule has 0 aliphatic heterocycles. The highest BCUT2D eigenvalue weighted by atomic mass is 32.1. The normalized spacial score (nSPS) is 10.6. The molecule has 0 aliphatic rings. The SMILES string of the molecule is Oc1cosc2ccccc2c2ccccc12. The molecule has 0 unspecified atom stereocenters. The molecular formula is C14H10O2S. The van der Waals surface area contributed by atoms with Gasteiger partial charge in [0.05, 0.1) is 4.70 Å². The van der Waals surface area contributed by atoms with Gasteiger partial charge < -0.3 is 8.96 Å². The Bertz CT molecular complexity index is 723. The lowest BCUT2D eigenvalue weighted by Gasteiger charge is -2.01. The molecule has 0 bridgehead atoms. The van der Waals surface area contributed by atoms with Gasteiger partial charge in [0.15, 0.2) is 5.75 Å². The first-order valence-corrected chi connectivity index (χ1v) is 6.02. The number of rotatable bonds is 0. The molecule has 0 fully saturated rings. The highest BCUT2D eigenvalue weighted by Crippen LogP contribution is 2.29. The maximum atomic E-state index is 9.91. The lowest BCUT2D eigenvalue weighted by Crippen LogP contribution is -1.73. The average molecular weight is 242 g/mol. The lowest BCUT2D eigenvalue weighted by atomic mass is 10.1. The van der Waals surface area contributed by atoms with E-state index in [0.29, 0.717) is 0 Å². The molecule has 0 radical (unpaired) electrons. The van der Waals surface area contributed by atoms with Crippen molar-refractivity contribution in [2.75, 3.05) is 0 Å². The van der Waals surface area contributed by atoms with Crippen molar-refractivity contribution in [2.24, 2.45) is 0 Å². The molecule has 2 aromatic carbocycles. The zero-order valence-electron chi connectivity index (χ0n) is 8.96. The van der Waals surface area contributed by atoms with E-state index in [1.54, 1.807) is 0 Å². The number of hydrogen-bond donors (Lipinski definition) is 1. The van der Waals surface area contributed by atoms with Crippen molar-refractivity contribution in [3.05, 3.63) is 54.8 Å². The van der Waals surface area contributed by atoms with Gasteiger partial charge in [-0.3, -0.25) is 0 Å². The minimum Gasteiger partial charge on any atom is -0.504 e. The summed E-state index contributed by atoms with van der Waals surface area (Å²) in [5.41, 5.74) is 0. The third-order valence-corrected chi connectivity index (χ3v) is 3.41. The molecule has 0 spiro atoms. The monoisotopic (exact) mass is 242 g/mol. The van der Waals surface area contributed by atoms with Crippen LogP contribution in [0, 0.1) is 0 Å². The third kappa shape index (κ3) is 1.74. The third-order valence-electron chi connectivity index (χ3n) is 2.68. The molecule has 0 atom stereocenters. The van der Waals surface area contributed by atoms with Crippen molar-refractivity contribution >= 4 is 32.5 Å². The maximum absolute atomic E-state index is 9.91. The molecule has 0 saturated carbocycles. The number of fused-ring (bicyclic) bond motifs is 3. The molecule has 1 heterocycles.